The zero-order chi connectivity index (χ0) is 15.0. The Balaban J connectivity index is 2.06. The van der Waals surface area contributed by atoms with E-state index in [1.54, 1.807) is 6.92 Å². The van der Waals surface area contributed by atoms with Crippen LogP contribution in [0.1, 0.15) is 65.7 Å². The van der Waals surface area contributed by atoms with E-state index in [1.165, 1.54) is 6.42 Å². The average Bonchev–Trinajstić information content (AvgIpc) is 2.71. The first kappa shape index (κ1) is 15.3. The largest absolute Gasteiger partial charge is 0.481 e. The fourth-order valence-corrected chi connectivity index (χ4v) is 3.91. The van der Waals surface area contributed by atoms with Crippen LogP contribution in [0.25, 0.3) is 0 Å². The Morgan fingerprint density at radius 2 is 1.75 bits per heavy atom. The highest BCUT2D eigenvalue weighted by Crippen LogP contribution is 2.42. The van der Waals surface area contributed by atoms with Crippen LogP contribution in [0.5, 0.6) is 0 Å². The molecule has 0 bridgehead atoms. The maximum absolute atomic E-state index is 12.6. The molecule has 0 saturated heterocycles. The fourth-order valence-electron chi connectivity index (χ4n) is 3.91. The number of aliphatic carboxylic acids is 1. The van der Waals surface area contributed by atoms with Gasteiger partial charge < -0.3 is 10.4 Å². The molecule has 0 aromatic heterocycles. The SMILES string of the molecule is CC1(C)CCCCC1C(=O)NC1CCCC1(C)C(=O)O. The second kappa shape index (κ2) is 5.38. The molecule has 2 fully saturated rings. The van der Waals surface area contributed by atoms with E-state index < -0.39 is 11.4 Å². The third-order valence-corrected chi connectivity index (χ3v) is 5.59. The molecule has 0 heterocycles. The lowest BCUT2D eigenvalue weighted by atomic mass is 9.68. The molecular weight excluding hydrogens is 254 g/mol. The summed E-state index contributed by atoms with van der Waals surface area (Å²) in [4.78, 5) is 24.0. The summed E-state index contributed by atoms with van der Waals surface area (Å²) in [6.45, 7) is 6.07. The van der Waals surface area contributed by atoms with Crippen molar-refractivity contribution in [2.24, 2.45) is 16.7 Å². The molecule has 1 amide bonds. The van der Waals surface area contributed by atoms with Crippen molar-refractivity contribution >= 4 is 11.9 Å². The number of nitrogens with one attached hydrogen (secondary N) is 1. The van der Waals surface area contributed by atoms with Gasteiger partial charge in [0.25, 0.3) is 0 Å². The van der Waals surface area contributed by atoms with Gasteiger partial charge in [-0.15, -0.1) is 0 Å². The molecule has 2 N–H and O–H groups in total. The highest BCUT2D eigenvalue weighted by Gasteiger charge is 2.47. The summed E-state index contributed by atoms with van der Waals surface area (Å²) in [7, 11) is 0. The first-order chi connectivity index (χ1) is 9.27. The predicted molar refractivity (Wildman–Crippen MR) is 77.3 cm³/mol. The molecule has 2 aliphatic carbocycles. The third-order valence-electron chi connectivity index (χ3n) is 5.59. The standard InChI is InChI=1S/C16H27NO3/c1-15(2)9-5-4-7-11(15)13(18)17-12-8-6-10-16(12,3)14(19)20/h11-12H,4-10H2,1-3H3,(H,17,18)(H,19,20). The number of hydrogen-bond acceptors (Lipinski definition) is 2. The van der Waals surface area contributed by atoms with Crippen LogP contribution >= 0.6 is 0 Å². The van der Waals surface area contributed by atoms with Crippen LogP contribution in [-0.4, -0.2) is 23.0 Å². The van der Waals surface area contributed by atoms with Gasteiger partial charge in [0.15, 0.2) is 0 Å². The van der Waals surface area contributed by atoms with Crippen molar-refractivity contribution in [3.8, 4) is 0 Å². The Hall–Kier alpha value is -1.06. The molecule has 0 spiro atoms. The van der Waals surface area contributed by atoms with E-state index in [2.05, 4.69) is 19.2 Å². The van der Waals surface area contributed by atoms with Gasteiger partial charge in [0.1, 0.15) is 0 Å². The molecule has 0 aliphatic heterocycles. The lowest BCUT2D eigenvalue weighted by Gasteiger charge is -2.39. The van der Waals surface area contributed by atoms with Crippen LogP contribution in [0.3, 0.4) is 0 Å². The van der Waals surface area contributed by atoms with E-state index in [0.717, 1.165) is 32.1 Å². The zero-order valence-electron chi connectivity index (χ0n) is 12.9. The Morgan fingerprint density at radius 3 is 2.35 bits per heavy atom. The molecular formula is C16H27NO3. The molecule has 20 heavy (non-hydrogen) atoms. The molecule has 4 nitrogen and oxygen atoms in total. The van der Waals surface area contributed by atoms with E-state index in [9.17, 15) is 14.7 Å². The minimum Gasteiger partial charge on any atom is -0.481 e. The Morgan fingerprint density at radius 1 is 1.05 bits per heavy atom. The number of carbonyl (C=O) groups excluding carboxylic acids is 1. The van der Waals surface area contributed by atoms with Crippen molar-refractivity contribution in [3.05, 3.63) is 0 Å². The Kier molecular flexibility index (Phi) is 4.12. The van der Waals surface area contributed by atoms with Crippen molar-refractivity contribution in [2.45, 2.75) is 71.8 Å². The number of carbonyl (C=O) groups is 2. The van der Waals surface area contributed by atoms with Crippen LogP contribution in [-0.2, 0) is 9.59 Å². The summed E-state index contributed by atoms with van der Waals surface area (Å²) < 4.78 is 0. The van der Waals surface area contributed by atoms with Crippen LogP contribution in [0.4, 0.5) is 0 Å². The summed E-state index contributed by atoms with van der Waals surface area (Å²) in [6, 6.07) is -0.217. The van der Waals surface area contributed by atoms with Crippen molar-refractivity contribution < 1.29 is 14.7 Å². The normalized spacial score (nSPS) is 36.5. The molecule has 2 aliphatic rings. The third kappa shape index (κ3) is 2.70. The smallest absolute Gasteiger partial charge is 0.311 e. The van der Waals surface area contributed by atoms with Crippen molar-refractivity contribution in [1.82, 2.24) is 5.32 Å². The van der Waals surface area contributed by atoms with Gasteiger partial charge in [-0.3, -0.25) is 9.59 Å². The number of carboxylic acids is 1. The van der Waals surface area contributed by atoms with Crippen molar-refractivity contribution in [3.63, 3.8) is 0 Å². The molecule has 3 atom stereocenters. The average molecular weight is 281 g/mol. The molecule has 2 saturated carbocycles. The Labute approximate surface area is 121 Å². The maximum Gasteiger partial charge on any atom is 0.311 e. The topological polar surface area (TPSA) is 66.4 Å². The molecule has 3 unspecified atom stereocenters. The summed E-state index contributed by atoms with van der Waals surface area (Å²) in [5.74, 6) is -0.702. The van der Waals surface area contributed by atoms with Crippen LogP contribution in [0.2, 0.25) is 0 Å². The fraction of sp³-hybridized carbons (Fsp3) is 0.875. The first-order valence-corrected chi connectivity index (χ1v) is 7.81. The van der Waals surface area contributed by atoms with Gasteiger partial charge in [0.2, 0.25) is 5.91 Å². The van der Waals surface area contributed by atoms with Gasteiger partial charge in [-0.1, -0.05) is 33.1 Å². The maximum atomic E-state index is 12.6. The molecule has 114 valence electrons. The second-order valence-corrected chi connectivity index (χ2v) is 7.46. The van der Waals surface area contributed by atoms with Gasteiger partial charge in [0.05, 0.1) is 5.41 Å². The van der Waals surface area contributed by atoms with Crippen LogP contribution in [0.15, 0.2) is 0 Å². The number of amides is 1. The lowest BCUT2D eigenvalue weighted by molar-refractivity contribution is -0.149. The minimum atomic E-state index is -0.797. The quantitative estimate of drug-likeness (QED) is 0.835. The Bertz CT molecular complexity index is 405. The van der Waals surface area contributed by atoms with E-state index >= 15 is 0 Å². The summed E-state index contributed by atoms with van der Waals surface area (Å²) in [6.07, 6.45) is 6.60. The molecule has 0 aromatic carbocycles. The van der Waals surface area contributed by atoms with Gasteiger partial charge in [-0.05, 0) is 38.0 Å². The van der Waals surface area contributed by atoms with Gasteiger partial charge in [-0.25, -0.2) is 0 Å². The zero-order valence-corrected chi connectivity index (χ0v) is 12.9. The summed E-state index contributed by atoms with van der Waals surface area (Å²) in [5.41, 5.74) is -0.769. The van der Waals surface area contributed by atoms with Gasteiger partial charge in [0, 0.05) is 12.0 Å². The predicted octanol–water partition coefficient (Wildman–Crippen LogP) is 2.96. The molecule has 4 heteroatoms. The van der Waals surface area contributed by atoms with Crippen LogP contribution in [0, 0.1) is 16.7 Å². The van der Waals surface area contributed by atoms with Crippen LogP contribution < -0.4 is 5.32 Å². The number of rotatable bonds is 3. The molecule has 2 rings (SSSR count). The second-order valence-electron chi connectivity index (χ2n) is 7.46. The van der Waals surface area contributed by atoms with Crippen molar-refractivity contribution in [1.29, 1.82) is 0 Å². The van der Waals surface area contributed by atoms with E-state index in [-0.39, 0.29) is 23.3 Å². The highest BCUT2D eigenvalue weighted by atomic mass is 16.4. The monoisotopic (exact) mass is 281 g/mol. The number of carboxylic acid groups (broad SMARTS) is 1. The minimum absolute atomic E-state index is 0.0231. The first-order valence-electron chi connectivity index (χ1n) is 7.81. The van der Waals surface area contributed by atoms with E-state index in [0.29, 0.717) is 6.42 Å². The summed E-state index contributed by atoms with van der Waals surface area (Å²) in [5, 5.41) is 12.5. The van der Waals surface area contributed by atoms with Gasteiger partial charge >= 0.3 is 5.97 Å². The molecule has 0 radical (unpaired) electrons. The van der Waals surface area contributed by atoms with Crippen molar-refractivity contribution in [2.75, 3.05) is 0 Å². The highest BCUT2D eigenvalue weighted by molar-refractivity contribution is 5.82. The van der Waals surface area contributed by atoms with E-state index in [1.807, 2.05) is 0 Å². The summed E-state index contributed by atoms with van der Waals surface area (Å²) >= 11 is 0. The molecule has 0 aromatic rings. The van der Waals surface area contributed by atoms with E-state index in [4.69, 9.17) is 0 Å². The number of hydrogen-bond donors (Lipinski definition) is 2. The van der Waals surface area contributed by atoms with Gasteiger partial charge in [-0.2, -0.15) is 0 Å². The lowest BCUT2D eigenvalue weighted by Crippen LogP contribution is -2.51.